The Bertz CT molecular complexity index is 640. The Morgan fingerprint density at radius 3 is 2.60 bits per heavy atom. The molecule has 3 nitrogen and oxygen atoms in total. The summed E-state index contributed by atoms with van der Waals surface area (Å²) in [6, 6.07) is 13.0. The number of hydrogen-bond acceptors (Lipinski definition) is 2. The topological polar surface area (TPSA) is 55.1 Å². The van der Waals surface area contributed by atoms with Crippen LogP contribution in [0.5, 0.6) is 0 Å². The van der Waals surface area contributed by atoms with Gasteiger partial charge in [-0.2, -0.15) is 0 Å². The van der Waals surface area contributed by atoms with E-state index in [-0.39, 0.29) is 11.9 Å². The Morgan fingerprint density at radius 1 is 1.20 bits per heavy atom. The Balaban J connectivity index is 2.20. The van der Waals surface area contributed by atoms with Crippen LogP contribution < -0.4 is 11.1 Å². The summed E-state index contributed by atoms with van der Waals surface area (Å²) in [5.41, 5.74) is 9.20. The third-order valence-corrected chi connectivity index (χ3v) is 4.30. The van der Waals surface area contributed by atoms with Crippen LogP contribution in [0.15, 0.2) is 46.9 Å². The zero-order valence-electron chi connectivity index (χ0n) is 11.5. The van der Waals surface area contributed by atoms with E-state index < -0.39 is 0 Å². The molecule has 104 valence electrons. The maximum Gasteiger partial charge on any atom is 0.252 e. The quantitative estimate of drug-likeness (QED) is 0.839. The molecule has 0 radical (unpaired) electrons. The molecule has 0 saturated carbocycles. The highest BCUT2D eigenvalue weighted by molar-refractivity contribution is 9.10. The van der Waals surface area contributed by atoms with Gasteiger partial charge in [-0.3, -0.25) is 4.79 Å². The van der Waals surface area contributed by atoms with E-state index in [0.717, 1.165) is 15.6 Å². The lowest BCUT2D eigenvalue weighted by Crippen LogP contribution is -2.27. The largest absolute Gasteiger partial charge is 0.398 e. The maximum atomic E-state index is 12.3. The van der Waals surface area contributed by atoms with Crippen molar-refractivity contribution in [2.45, 2.75) is 19.9 Å². The first-order valence-electron chi connectivity index (χ1n) is 6.41. The van der Waals surface area contributed by atoms with Crippen LogP contribution in [0.1, 0.15) is 34.5 Å². The third kappa shape index (κ3) is 3.02. The zero-order chi connectivity index (χ0) is 14.7. The number of halogens is 1. The standard InChI is InChI=1S/C16H17BrN2O/c1-10-6-5-8-13(15(10)17)16(20)19-11(2)12-7-3-4-9-14(12)18/h3-9,11H,18H2,1-2H3,(H,19,20). The number of nitrogens with two attached hydrogens (primary N) is 1. The van der Waals surface area contributed by atoms with Gasteiger partial charge in [0.15, 0.2) is 0 Å². The molecule has 0 aliphatic carbocycles. The molecule has 0 fully saturated rings. The van der Waals surface area contributed by atoms with Crippen molar-refractivity contribution in [2.24, 2.45) is 0 Å². The number of carbonyl (C=O) groups excluding carboxylic acids is 1. The molecule has 4 heteroatoms. The van der Waals surface area contributed by atoms with Crippen LogP contribution in [0.4, 0.5) is 5.69 Å². The number of anilines is 1. The molecule has 20 heavy (non-hydrogen) atoms. The van der Waals surface area contributed by atoms with Crippen LogP contribution >= 0.6 is 15.9 Å². The van der Waals surface area contributed by atoms with Gasteiger partial charge in [-0.05, 0) is 53.0 Å². The molecule has 0 aliphatic rings. The molecule has 2 rings (SSSR count). The van der Waals surface area contributed by atoms with E-state index in [1.54, 1.807) is 6.07 Å². The number of carbonyl (C=O) groups is 1. The van der Waals surface area contributed by atoms with Gasteiger partial charge >= 0.3 is 0 Å². The van der Waals surface area contributed by atoms with Gasteiger partial charge in [0.25, 0.3) is 5.91 Å². The molecule has 3 N–H and O–H groups in total. The van der Waals surface area contributed by atoms with Crippen molar-refractivity contribution in [3.63, 3.8) is 0 Å². The number of rotatable bonds is 3. The van der Waals surface area contributed by atoms with E-state index in [9.17, 15) is 4.79 Å². The van der Waals surface area contributed by atoms with Crippen LogP contribution in [-0.4, -0.2) is 5.91 Å². The molecule has 1 atom stereocenters. The Labute approximate surface area is 127 Å². The molecule has 0 saturated heterocycles. The average molecular weight is 333 g/mol. The monoisotopic (exact) mass is 332 g/mol. The van der Waals surface area contributed by atoms with Gasteiger partial charge in [0, 0.05) is 10.2 Å². The molecule has 0 spiro atoms. The van der Waals surface area contributed by atoms with Crippen molar-refractivity contribution in [2.75, 3.05) is 5.73 Å². The summed E-state index contributed by atoms with van der Waals surface area (Å²) in [6.07, 6.45) is 0. The Hall–Kier alpha value is -1.81. The van der Waals surface area contributed by atoms with Crippen LogP contribution in [0.3, 0.4) is 0 Å². The molecule has 2 aromatic rings. The molecule has 0 heterocycles. The predicted octanol–water partition coefficient (Wildman–Crippen LogP) is 3.83. The number of aryl methyl sites for hydroxylation is 1. The summed E-state index contributed by atoms with van der Waals surface area (Å²) in [5.74, 6) is -0.115. The fourth-order valence-electron chi connectivity index (χ4n) is 2.08. The van der Waals surface area contributed by atoms with Crippen molar-refractivity contribution in [3.8, 4) is 0 Å². The first kappa shape index (κ1) is 14.6. The average Bonchev–Trinajstić information content (AvgIpc) is 2.42. The number of hydrogen-bond donors (Lipinski definition) is 2. The van der Waals surface area contributed by atoms with E-state index in [0.29, 0.717) is 11.3 Å². The second-order valence-corrected chi connectivity index (χ2v) is 5.55. The second-order valence-electron chi connectivity index (χ2n) is 4.76. The minimum absolute atomic E-state index is 0.115. The number of nitrogen functional groups attached to an aromatic ring is 1. The minimum Gasteiger partial charge on any atom is -0.398 e. The van der Waals surface area contributed by atoms with Crippen molar-refractivity contribution >= 4 is 27.5 Å². The molecule has 0 bridgehead atoms. The maximum absolute atomic E-state index is 12.3. The second kappa shape index (κ2) is 6.09. The van der Waals surface area contributed by atoms with E-state index in [4.69, 9.17) is 5.73 Å². The lowest BCUT2D eigenvalue weighted by atomic mass is 10.1. The summed E-state index contributed by atoms with van der Waals surface area (Å²) in [4.78, 5) is 12.3. The van der Waals surface area contributed by atoms with E-state index >= 15 is 0 Å². The molecule has 1 amide bonds. The predicted molar refractivity (Wildman–Crippen MR) is 85.6 cm³/mol. The number of amides is 1. The number of benzene rings is 2. The lowest BCUT2D eigenvalue weighted by molar-refractivity contribution is 0.0939. The van der Waals surface area contributed by atoms with Gasteiger partial charge in [0.05, 0.1) is 11.6 Å². The Kier molecular flexibility index (Phi) is 4.45. The smallest absolute Gasteiger partial charge is 0.252 e. The highest BCUT2D eigenvalue weighted by Gasteiger charge is 2.15. The highest BCUT2D eigenvalue weighted by atomic mass is 79.9. The SMILES string of the molecule is Cc1cccc(C(=O)NC(C)c2ccccc2N)c1Br. The van der Waals surface area contributed by atoms with Gasteiger partial charge in [0.2, 0.25) is 0 Å². The highest BCUT2D eigenvalue weighted by Crippen LogP contribution is 2.23. The fraction of sp³-hybridized carbons (Fsp3) is 0.188. The van der Waals surface area contributed by atoms with Crippen molar-refractivity contribution in [1.82, 2.24) is 5.32 Å². The first-order chi connectivity index (χ1) is 9.50. The van der Waals surface area contributed by atoms with Crippen molar-refractivity contribution < 1.29 is 4.79 Å². The molecule has 0 aromatic heterocycles. The van der Waals surface area contributed by atoms with Gasteiger partial charge in [-0.1, -0.05) is 30.3 Å². The first-order valence-corrected chi connectivity index (χ1v) is 7.20. The van der Waals surface area contributed by atoms with Crippen LogP contribution in [-0.2, 0) is 0 Å². The molecule has 1 unspecified atom stereocenters. The summed E-state index contributed by atoms with van der Waals surface area (Å²) >= 11 is 3.46. The summed E-state index contributed by atoms with van der Waals surface area (Å²) in [6.45, 7) is 3.88. The molecular weight excluding hydrogens is 316 g/mol. The molecule has 0 aliphatic heterocycles. The Morgan fingerprint density at radius 2 is 1.90 bits per heavy atom. The number of para-hydroxylation sites is 1. The van der Waals surface area contributed by atoms with Crippen molar-refractivity contribution in [1.29, 1.82) is 0 Å². The van der Waals surface area contributed by atoms with Gasteiger partial charge in [-0.15, -0.1) is 0 Å². The van der Waals surface area contributed by atoms with E-state index in [2.05, 4.69) is 21.2 Å². The normalized spacial score (nSPS) is 11.9. The van der Waals surface area contributed by atoms with E-state index in [1.165, 1.54) is 0 Å². The summed E-state index contributed by atoms with van der Waals surface area (Å²) < 4.78 is 0.825. The molecule has 2 aromatic carbocycles. The number of nitrogens with one attached hydrogen (secondary N) is 1. The van der Waals surface area contributed by atoms with Gasteiger partial charge in [-0.25, -0.2) is 0 Å². The summed E-state index contributed by atoms with van der Waals surface area (Å²) in [7, 11) is 0. The lowest BCUT2D eigenvalue weighted by Gasteiger charge is -2.17. The third-order valence-electron chi connectivity index (χ3n) is 3.25. The zero-order valence-corrected chi connectivity index (χ0v) is 13.1. The summed E-state index contributed by atoms with van der Waals surface area (Å²) in [5, 5.41) is 2.97. The van der Waals surface area contributed by atoms with Crippen molar-refractivity contribution in [3.05, 3.63) is 63.6 Å². The fourth-order valence-corrected chi connectivity index (χ4v) is 2.52. The van der Waals surface area contributed by atoms with Crippen LogP contribution in [0, 0.1) is 6.92 Å². The van der Waals surface area contributed by atoms with E-state index in [1.807, 2.05) is 50.2 Å². The molecular formula is C16H17BrN2O. The van der Waals surface area contributed by atoms with Crippen LogP contribution in [0.25, 0.3) is 0 Å². The van der Waals surface area contributed by atoms with Gasteiger partial charge < -0.3 is 11.1 Å². The van der Waals surface area contributed by atoms with Gasteiger partial charge in [0.1, 0.15) is 0 Å². The minimum atomic E-state index is -0.142. The van der Waals surface area contributed by atoms with Crippen LogP contribution in [0.2, 0.25) is 0 Å².